The minimum Gasteiger partial charge on any atom is -0.496 e. The SMILES string of the molecule is COc1ccccc1-c1cn(S(=O)(=O)c2ccc(C)cc2)c2ncc(-c3cccc(C(O)C(=O)O)n3)cc12. The number of aromatic nitrogens is 3. The fourth-order valence-electron chi connectivity index (χ4n) is 4.20. The van der Waals surface area contributed by atoms with Crippen molar-refractivity contribution in [3.05, 3.63) is 96.4 Å². The number of para-hydroxylation sites is 1. The third-order valence-electron chi connectivity index (χ3n) is 6.17. The molecule has 5 aromatic rings. The normalized spacial score (nSPS) is 12.4. The number of rotatable bonds is 7. The maximum absolute atomic E-state index is 13.7. The summed E-state index contributed by atoms with van der Waals surface area (Å²) < 4.78 is 34.1. The number of hydrogen-bond acceptors (Lipinski definition) is 7. The van der Waals surface area contributed by atoms with Crippen molar-refractivity contribution in [3.63, 3.8) is 0 Å². The van der Waals surface area contributed by atoms with Gasteiger partial charge in [-0.15, -0.1) is 0 Å². The second-order valence-corrected chi connectivity index (χ2v) is 10.5. The number of carbonyl (C=O) groups is 1. The lowest BCUT2D eigenvalue weighted by molar-refractivity contribution is -0.147. The van der Waals surface area contributed by atoms with E-state index in [2.05, 4.69) is 9.97 Å². The van der Waals surface area contributed by atoms with Gasteiger partial charge in [-0.25, -0.2) is 27.2 Å². The van der Waals surface area contributed by atoms with Crippen LogP contribution < -0.4 is 4.74 Å². The molecule has 192 valence electrons. The molecule has 0 radical (unpaired) electrons. The van der Waals surface area contributed by atoms with Gasteiger partial charge in [0.25, 0.3) is 10.0 Å². The molecule has 0 aliphatic carbocycles. The number of methoxy groups -OCH3 is 1. The van der Waals surface area contributed by atoms with Crippen molar-refractivity contribution in [2.75, 3.05) is 7.11 Å². The number of aryl methyl sites for hydroxylation is 1. The summed E-state index contributed by atoms with van der Waals surface area (Å²) in [5, 5.41) is 19.6. The highest BCUT2D eigenvalue weighted by molar-refractivity contribution is 7.90. The van der Waals surface area contributed by atoms with Crippen LogP contribution in [0.15, 0.2) is 90.1 Å². The minimum absolute atomic E-state index is 0.0282. The maximum Gasteiger partial charge on any atom is 0.338 e. The number of benzene rings is 2. The van der Waals surface area contributed by atoms with E-state index in [1.165, 1.54) is 25.6 Å². The van der Waals surface area contributed by atoms with Crippen molar-refractivity contribution in [1.29, 1.82) is 0 Å². The average Bonchev–Trinajstić information content (AvgIpc) is 3.32. The van der Waals surface area contributed by atoms with Crippen LogP contribution in [0, 0.1) is 6.92 Å². The second-order valence-electron chi connectivity index (χ2n) is 8.64. The van der Waals surface area contributed by atoms with Gasteiger partial charge in [0.2, 0.25) is 0 Å². The van der Waals surface area contributed by atoms with Gasteiger partial charge in [0.05, 0.1) is 23.4 Å². The van der Waals surface area contributed by atoms with Gasteiger partial charge in [-0.3, -0.25) is 0 Å². The fraction of sp³-hybridized carbons (Fsp3) is 0.107. The van der Waals surface area contributed by atoms with Gasteiger partial charge in [-0.05, 0) is 43.3 Å². The fourth-order valence-corrected chi connectivity index (χ4v) is 5.52. The number of aliphatic hydroxyl groups excluding tert-OH is 1. The summed E-state index contributed by atoms with van der Waals surface area (Å²) >= 11 is 0. The Morgan fingerprint density at radius 3 is 2.45 bits per heavy atom. The van der Waals surface area contributed by atoms with Gasteiger partial charge in [0, 0.05) is 34.5 Å². The summed E-state index contributed by atoms with van der Waals surface area (Å²) in [6, 6.07) is 20.2. The predicted molar refractivity (Wildman–Crippen MR) is 141 cm³/mol. The molecule has 10 heteroatoms. The first kappa shape index (κ1) is 25.1. The predicted octanol–water partition coefficient (Wildman–Crippen LogP) is 4.44. The van der Waals surface area contributed by atoms with Crippen LogP contribution >= 0.6 is 0 Å². The van der Waals surface area contributed by atoms with Crippen LogP contribution in [0.5, 0.6) is 5.75 Å². The third kappa shape index (κ3) is 4.40. The van der Waals surface area contributed by atoms with E-state index in [9.17, 15) is 18.3 Å². The average molecular weight is 530 g/mol. The number of aliphatic hydroxyl groups is 1. The van der Waals surface area contributed by atoms with Gasteiger partial charge in [0.1, 0.15) is 5.75 Å². The Morgan fingerprint density at radius 1 is 1.00 bits per heavy atom. The molecule has 0 spiro atoms. The lowest BCUT2D eigenvalue weighted by Gasteiger charge is -2.09. The van der Waals surface area contributed by atoms with Crippen LogP contribution in [0.3, 0.4) is 0 Å². The van der Waals surface area contributed by atoms with Crippen molar-refractivity contribution in [1.82, 2.24) is 13.9 Å². The van der Waals surface area contributed by atoms with E-state index in [1.54, 1.807) is 48.5 Å². The maximum atomic E-state index is 13.7. The van der Waals surface area contributed by atoms with Gasteiger partial charge < -0.3 is 14.9 Å². The van der Waals surface area contributed by atoms with Crippen LogP contribution in [-0.4, -0.2) is 45.7 Å². The molecule has 0 aliphatic rings. The first-order valence-electron chi connectivity index (χ1n) is 11.6. The van der Waals surface area contributed by atoms with Gasteiger partial charge in [0.15, 0.2) is 11.8 Å². The molecule has 9 nitrogen and oxygen atoms in total. The van der Waals surface area contributed by atoms with E-state index in [0.29, 0.717) is 33.5 Å². The molecular formula is C28H23N3O6S. The largest absolute Gasteiger partial charge is 0.496 e. The van der Waals surface area contributed by atoms with E-state index >= 15 is 0 Å². The molecular weight excluding hydrogens is 506 g/mol. The highest BCUT2D eigenvalue weighted by Crippen LogP contribution is 2.38. The Kier molecular flexibility index (Phi) is 6.43. The molecule has 0 saturated carbocycles. The van der Waals surface area contributed by atoms with Crippen LogP contribution in [0.25, 0.3) is 33.4 Å². The molecule has 0 saturated heterocycles. The summed E-state index contributed by atoms with van der Waals surface area (Å²) in [5.74, 6) is -0.866. The summed E-state index contributed by atoms with van der Waals surface area (Å²) in [4.78, 5) is 20.2. The van der Waals surface area contributed by atoms with Crippen LogP contribution in [0.4, 0.5) is 0 Å². The molecule has 3 heterocycles. The van der Waals surface area contributed by atoms with Gasteiger partial charge in [-0.1, -0.05) is 42.0 Å². The van der Waals surface area contributed by atoms with Crippen molar-refractivity contribution in [3.8, 4) is 28.1 Å². The van der Waals surface area contributed by atoms with Crippen LogP contribution in [-0.2, 0) is 14.8 Å². The molecule has 38 heavy (non-hydrogen) atoms. The first-order valence-corrected chi connectivity index (χ1v) is 13.0. The smallest absolute Gasteiger partial charge is 0.338 e. The van der Waals surface area contributed by atoms with E-state index in [4.69, 9.17) is 9.84 Å². The number of carboxylic acids is 1. The zero-order chi connectivity index (χ0) is 27.0. The number of fused-ring (bicyclic) bond motifs is 1. The Balaban J connectivity index is 1.75. The van der Waals surface area contributed by atoms with Crippen LogP contribution in [0.1, 0.15) is 17.4 Å². The van der Waals surface area contributed by atoms with Crippen molar-refractivity contribution in [2.24, 2.45) is 0 Å². The molecule has 0 bridgehead atoms. The van der Waals surface area contributed by atoms with Gasteiger partial charge >= 0.3 is 5.97 Å². The van der Waals surface area contributed by atoms with Crippen LogP contribution in [0.2, 0.25) is 0 Å². The second kappa shape index (κ2) is 9.73. The molecule has 1 atom stereocenters. The zero-order valence-electron chi connectivity index (χ0n) is 20.4. The summed E-state index contributed by atoms with van der Waals surface area (Å²) in [7, 11) is -2.46. The lowest BCUT2D eigenvalue weighted by atomic mass is 10.0. The number of hydrogen-bond donors (Lipinski definition) is 2. The number of aliphatic carboxylic acids is 1. The van der Waals surface area contributed by atoms with E-state index in [-0.39, 0.29) is 16.2 Å². The quantitative estimate of drug-likeness (QED) is 0.316. The molecule has 2 aromatic carbocycles. The van der Waals surface area contributed by atoms with E-state index in [0.717, 1.165) is 9.54 Å². The number of pyridine rings is 2. The Bertz CT molecular complexity index is 1780. The molecule has 0 aliphatic heterocycles. The molecule has 2 N–H and O–H groups in total. The number of nitrogens with zero attached hydrogens (tertiary/aromatic N) is 3. The summed E-state index contributed by atoms with van der Waals surface area (Å²) in [6.07, 6.45) is 1.21. The Labute approximate surface area is 218 Å². The van der Waals surface area contributed by atoms with Crippen molar-refractivity contribution in [2.45, 2.75) is 17.9 Å². The Hall–Kier alpha value is -4.54. The monoisotopic (exact) mass is 529 g/mol. The van der Waals surface area contributed by atoms with Crippen molar-refractivity contribution < 1.29 is 28.2 Å². The zero-order valence-corrected chi connectivity index (χ0v) is 21.3. The molecule has 0 amide bonds. The number of ether oxygens (including phenoxy) is 1. The molecule has 5 rings (SSSR count). The molecule has 0 fully saturated rings. The summed E-state index contributed by atoms with van der Waals surface area (Å²) in [6.45, 7) is 1.88. The Morgan fingerprint density at radius 2 is 1.74 bits per heavy atom. The third-order valence-corrected chi connectivity index (χ3v) is 7.83. The summed E-state index contributed by atoms with van der Waals surface area (Å²) in [5.41, 5.74) is 3.23. The first-order chi connectivity index (χ1) is 18.2. The molecule has 1 unspecified atom stereocenters. The van der Waals surface area contributed by atoms with Gasteiger partial charge in [-0.2, -0.15) is 0 Å². The number of carboxylic acid groups (broad SMARTS) is 1. The highest BCUT2D eigenvalue weighted by atomic mass is 32.2. The van der Waals surface area contributed by atoms with E-state index in [1.807, 2.05) is 25.1 Å². The minimum atomic E-state index is -3.99. The topological polar surface area (TPSA) is 132 Å². The molecule has 3 aromatic heterocycles. The van der Waals surface area contributed by atoms with Crippen molar-refractivity contribution >= 4 is 27.0 Å². The highest BCUT2D eigenvalue weighted by Gasteiger charge is 2.25. The standard InChI is InChI=1S/C28H23N3O6S/c1-17-10-12-19(13-11-17)38(35,36)31-16-22(20-6-3-4-9-25(20)37-2)21-14-18(15-29-27(21)31)23-7-5-8-24(30-23)26(32)28(33)34/h3-16,26,32H,1-2H3,(H,33,34). The van der Waals surface area contributed by atoms with E-state index < -0.39 is 22.1 Å². The lowest BCUT2D eigenvalue weighted by Crippen LogP contribution is -2.12.